The van der Waals surface area contributed by atoms with E-state index in [1.165, 1.54) is 16.7 Å². The minimum atomic E-state index is 0.753. The largest absolute Gasteiger partial charge is 0.397 e. The molecule has 3 heteroatoms. The van der Waals surface area contributed by atoms with Gasteiger partial charge in [-0.3, -0.25) is 4.98 Å². The number of thioether (sulfide) groups is 1. The van der Waals surface area contributed by atoms with E-state index < -0.39 is 0 Å². The van der Waals surface area contributed by atoms with Crippen molar-refractivity contribution < 1.29 is 0 Å². The predicted molar refractivity (Wildman–Crippen MR) is 74.1 cm³/mol. The third kappa shape index (κ3) is 2.80. The average molecular weight is 244 g/mol. The first kappa shape index (κ1) is 12.0. The highest BCUT2D eigenvalue weighted by atomic mass is 32.2. The molecule has 0 aliphatic heterocycles. The fourth-order valence-electron chi connectivity index (χ4n) is 1.75. The van der Waals surface area contributed by atoms with E-state index in [-0.39, 0.29) is 0 Å². The number of nitrogens with two attached hydrogens (primary N) is 1. The second-order valence-corrected chi connectivity index (χ2v) is 5.09. The molecular weight excluding hydrogens is 228 g/mol. The average Bonchev–Trinajstić information content (AvgIpc) is 2.30. The van der Waals surface area contributed by atoms with Crippen LogP contribution in [0.1, 0.15) is 16.7 Å². The third-order valence-corrected chi connectivity index (χ3v) is 3.94. The molecule has 0 bridgehead atoms. The fourth-order valence-corrected chi connectivity index (χ4v) is 2.88. The number of nitrogens with zero attached hydrogens (tertiary/aromatic N) is 1. The molecule has 88 valence electrons. The molecule has 0 unspecified atom stereocenters. The van der Waals surface area contributed by atoms with Gasteiger partial charge in [0.15, 0.2) is 0 Å². The van der Waals surface area contributed by atoms with Gasteiger partial charge in [-0.05, 0) is 36.6 Å². The molecule has 2 N–H and O–H groups in total. The van der Waals surface area contributed by atoms with Crippen LogP contribution in [0.25, 0.3) is 0 Å². The number of hydrogen-bond donors (Lipinski definition) is 1. The van der Waals surface area contributed by atoms with Crippen molar-refractivity contribution in [2.24, 2.45) is 0 Å². The number of rotatable bonds is 3. The highest BCUT2D eigenvalue weighted by Crippen LogP contribution is 2.29. The van der Waals surface area contributed by atoms with Gasteiger partial charge in [-0.25, -0.2) is 0 Å². The van der Waals surface area contributed by atoms with E-state index in [2.05, 4.69) is 37.0 Å². The van der Waals surface area contributed by atoms with Crippen LogP contribution < -0.4 is 5.73 Å². The van der Waals surface area contributed by atoms with Gasteiger partial charge in [0.2, 0.25) is 0 Å². The summed E-state index contributed by atoms with van der Waals surface area (Å²) < 4.78 is 0. The number of pyridine rings is 1. The third-order valence-electron chi connectivity index (χ3n) is 2.83. The zero-order valence-electron chi connectivity index (χ0n) is 10.1. The Morgan fingerprint density at radius 2 is 1.88 bits per heavy atom. The number of anilines is 1. The molecule has 0 atom stereocenters. The number of nitrogen functional groups attached to an aromatic ring is 1. The quantitative estimate of drug-likeness (QED) is 0.839. The van der Waals surface area contributed by atoms with Crippen molar-refractivity contribution in [2.45, 2.75) is 24.5 Å². The van der Waals surface area contributed by atoms with Crippen LogP contribution in [0.2, 0.25) is 0 Å². The summed E-state index contributed by atoms with van der Waals surface area (Å²) in [5.74, 6) is 0.951. The van der Waals surface area contributed by atoms with Crippen molar-refractivity contribution in [3.8, 4) is 0 Å². The highest BCUT2D eigenvalue weighted by molar-refractivity contribution is 7.98. The predicted octanol–water partition coefficient (Wildman–Crippen LogP) is 3.57. The summed E-state index contributed by atoms with van der Waals surface area (Å²) in [6.45, 7) is 4.30. The van der Waals surface area contributed by atoms with E-state index in [1.807, 2.05) is 6.07 Å². The Hall–Kier alpha value is -1.48. The molecular formula is C14H16N2S. The lowest BCUT2D eigenvalue weighted by atomic mass is 10.1. The maximum atomic E-state index is 5.88. The van der Waals surface area contributed by atoms with Crippen LogP contribution in [0, 0.1) is 13.8 Å². The van der Waals surface area contributed by atoms with Crippen molar-refractivity contribution in [2.75, 3.05) is 5.73 Å². The van der Waals surface area contributed by atoms with Crippen LogP contribution in [0.4, 0.5) is 5.69 Å². The summed E-state index contributed by atoms with van der Waals surface area (Å²) in [6.07, 6.45) is 3.48. The molecule has 0 saturated heterocycles. The van der Waals surface area contributed by atoms with Gasteiger partial charge >= 0.3 is 0 Å². The summed E-state index contributed by atoms with van der Waals surface area (Å²) in [5.41, 5.74) is 10.7. The molecule has 2 rings (SSSR count). The fraction of sp³-hybridized carbons (Fsp3) is 0.214. The Morgan fingerprint density at radius 3 is 2.53 bits per heavy atom. The molecule has 0 radical (unpaired) electrons. The monoisotopic (exact) mass is 244 g/mol. The van der Waals surface area contributed by atoms with Crippen LogP contribution >= 0.6 is 11.8 Å². The topological polar surface area (TPSA) is 38.9 Å². The normalized spacial score (nSPS) is 10.5. The standard InChI is InChI=1S/C14H16N2S/c1-10-4-3-5-11(2)12(10)9-17-14-6-7-16-8-13(14)15/h3-8H,9,15H2,1-2H3. The van der Waals surface area contributed by atoms with Crippen molar-refractivity contribution in [1.29, 1.82) is 0 Å². The lowest BCUT2D eigenvalue weighted by Crippen LogP contribution is -1.93. The number of benzene rings is 1. The lowest BCUT2D eigenvalue weighted by molar-refractivity contribution is 1.23. The minimum absolute atomic E-state index is 0.753. The number of aromatic nitrogens is 1. The van der Waals surface area contributed by atoms with Gasteiger partial charge in [0, 0.05) is 16.8 Å². The van der Waals surface area contributed by atoms with E-state index in [0.717, 1.165) is 16.3 Å². The SMILES string of the molecule is Cc1cccc(C)c1CSc1ccncc1N. The van der Waals surface area contributed by atoms with Crippen molar-refractivity contribution in [3.05, 3.63) is 53.3 Å². The molecule has 0 aliphatic carbocycles. The summed E-state index contributed by atoms with van der Waals surface area (Å²) in [4.78, 5) is 5.10. The van der Waals surface area contributed by atoms with E-state index in [9.17, 15) is 0 Å². The Bertz CT molecular complexity index is 503. The highest BCUT2D eigenvalue weighted by Gasteiger charge is 2.04. The van der Waals surface area contributed by atoms with Gasteiger partial charge in [0.05, 0.1) is 11.9 Å². The van der Waals surface area contributed by atoms with Crippen LogP contribution in [-0.4, -0.2) is 4.98 Å². The van der Waals surface area contributed by atoms with E-state index in [0.29, 0.717) is 0 Å². The number of hydrogen-bond acceptors (Lipinski definition) is 3. The van der Waals surface area contributed by atoms with Crippen molar-refractivity contribution in [3.63, 3.8) is 0 Å². The Balaban J connectivity index is 2.16. The summed E-state index contributed by atoms with van der Waals surface area (Å²) in [5, 5.41) is 0. The smallest absolute Gasteiger partial charge is 0.0638 e. The lowest BCUT2D eigenvalue weighted by Gasteiger charge is -2.10. The maximum Gasteiger partial charge on any atom is 0.0638 e. The van der Waals surface area contributed by atoms with Crippen LogP contribution in [0.5, 0.6) is 0 Å². The zero-order valence-corrected chi connectivity index (χ0v) is 10.9. The number of aryl methyl sites for hydroxylation is 2. The molecule has 17 heavy (non-hydrogen) atoms. The van der Waals surface area contributed by atoms with Gasteiger partial charge in [-0.1, -0.05) is 18.2 Å². The van der Waals surface area contributed by atoms with Gasteiger partial charge in [-0.15, -0.1) is 11.8 Å². The first-order chi connectivity index (χ1) is 8.18. The Kier molecular flexibility index (Phi) is 3.69. The zero-order chi connectivity index (χ0) is 12.3. The second-order valence-electron chi connectivity index (χ2n) is 4.07. The van der Waals surface area contributed by atoms with E-state index >= 15 is 0 Å². The Morgan fingerprint density at radius 1 is 1.18 bits per heavy atom. The molecule has 0 aliphatic rings. The molecule has 0 spiro atoms. The second kappa shape index (κ2) is 5.23. The molecule has 0 fully saturated rings. The maximum absolute atomic E-state index is 5.88. The molecule has 1 heterocycles. The molecule has 1 aromatic heterocycles. The van der Waals surface area contributed by atoms with E-state index in [1.54, 1.807) is 24.2 Å². The first-order valence-electron chi connectivity index (χ1n) is 5.56. The van der Waals surface area contributed by atoms with Gasteiger partial charge in [0.1, 0.15) is 0 Å². The minimum Gasteiger partial charge on any atom is -0.397 e. The first-order valence-corrected chi connectivity index (χ1v) is 6.54. The van der Waals surface area contributed by atoms with Gasteiger partial charge < -0.3 is 5.73 Å². The molecule has 0 saturated carbocycles. The molecule has 1 aromatic carbocycles. The molecule has 2 nitrogen and oxygen atoms in total. The summed E-state index contributed by atoms with van der Waals surface area (Å²) in [7, 11) is 0. The Labute approximate surface area is 106 Å². The van der Waals surface area contributed by atoms with E-state index in [4.69, 9.17) is 5.73 Å². The van der Waals surface area contributed by atoms with Crippen LogP contribution in [0.15, 0.2) is 41.6 Å². The van der Waals surface area contributed by atoms with Gasteiger partial charge in [0.25, 0.3) is 0 Å². The van der Waals surface area contributed by atoms with Crippen molar-refractivity contribution >= 4 is 17.4 Å². The molecule has 0 amide bonds. The van der Waals surface area contributed by atoms with Crippen LogP contribution in [0.3, 0.4) is 0 Å². The van der Waals surface area contributed by atoms with Crippen molar-refractivity contribution in [1.82, 2.24) is 4.98 Å². The summed E-state index contributed by atoms with van der Waals surface area (Å²) >= 11 is 1.76. The molecule has 2 aromatic rings. The van der Waals surface area contributed by atoms with Gasteiger partial charge in [-0.2, -0.15) is 0 Å². The summed E-state index contributed by atoms with van der Waals surface area (Å²) in [6, 6.07) is 8.37. The van der Waals surface area contributed by atoms with Crippen LogP contribution in [-0.2, 0) is 5.75 Å².